The van der Waals surface area contributed by atoms with E-state index in [4.69, 9.17) is 0 Å². The van der Waals surface area contributed by atoms with Crippen molar-refractivity contribution in [3.8, 4) is 0 Å². The average molecular weight is 266 g/mol. The third kappa shape index (κ3) is 2.48. The molecule has 1 rings (SSSR count). The molecule has 0 aliphatic carbocycles. The zero-order valence-corrected chi connectivity index (χ0v) is 11.8. The van der Waals surface area contributed by atoms with Gasteiger partial charge in [0.2, 0.25) is 0 Å². The van der Waals surface area contributed by atoms with E-state index in [2.05, 4.69) is 48.8 Å². The van der Waals surface area contributed by atoms with Crippen molar-refractivity contribution in [3.63, 3.8) is 0 Å². The summed E-state index contributed by atoms with van der Waals surface area (Å²) >= 11 is 1.24. The van der Waals surface area contributed by atoms with E-state index >= 15 is 0 Å². The number of benzene rings is 1. The van der Waals surface area contributed by atoms with Gasteiger partial charge in [-0.05, 0) is 0 Å². The van der Waals surface area contributed by atoms with Crippen LogP contribution < -0.4 is 0 Å². The van der Waals surface area contributed by atoms with Gasteiger partial charge in [0.15, 0.2) is 0 Å². The van der Waals surface area contributed by atoms with E-state index in [-0.39, 0.29) is 0 Å². The van der Waals surface area contributed by atoms with Gasteiger partial charge in [-0.3, -0.25) is 0 Å². The van der Waals surface area contributed by atoms with Gasteiger partial charge in [-0.2, -0.15) is 0 Å². The quantitative estimate of drug-likeness (QED) is 0.773. The minimum absolute atomic E-state index is 0.563. The molecule has 0 unspecified atom stereocenters. The molecule has 0 N–H and O–H groups in total. The molecule has 0 saturated heterocycles. The molecule has 72 valence electrons. The Kier molecular flexibility index (Phi) is 4.38. The van der Waals surface area contributed by atoms with Crippen LogP contribution in [0.5, 0.6) is 0 Å². The summed E-state index contributed by atoms with van der Waals surface area (Å²) in [5, 5.41) is 0. The maximum absolute atomic E-state index is 4.50. The van der Waals surface area contributed by atoms with Crippen molar-refractivity contribution in [1.82, 2.24) is 0 Å². The number of hydrogen-bond acceptors (Lipinski definition) is 1. The molecular formula is C12H17NZr+2. The summed E-state index contributed by atoms with van der Waals surface area (Å²) in [7, 11) is 0. The predicted molar refractivity (Wildman–Crippen MR) is 56.7 cm³/mol. The fourth-order valence-electron chi connectivity index (χ4n) is 1.64. The number of nitrogens with zero attached hydrogens (tertiary/aromatic N) is 1. The summed E-state index contributed by atoms with van der Waals surface area (Å²) in [6.45, 7) is 8.91. The maximum atomic E-state index is 4.50. The van der Waals surface area contributed by atoms with Crippen LogP contribution in [0.1, 0.15) is 50.7 Å². The standard InChI is InChI=1S/C12H17N.Zr/c1-8(2)10-6-5-7-11(9(3)4)12(10)13;/h5-9H,1-4H3;/q;+2. The van der Waals surface area contributed by atoms with Gasteiger partial charge < -0.3 is 0 Å². The molecule has 0 heterocycles. The summed E-state index contributed by atoms with van der Waals surface area (Å²) in [5.74, 6) is 1.13. The Bertz CT molecular complexity index is 303. The van der Waals surface area contributed by atoms with Crippen molar-refractivity contribution in [2.24, 2.45) is 2.87 Å². The van der Waals surface area contributed by atoms with E-state index in [0.717, 1.165) is 0 Å². The SMILES string of the molecule is CC(C)c1cccc(C(C)C)c1[N]=[Zr+2]. The van der Waals surface area contributed by atoms with Gasteiger partial charge in [-0.25, -0.2) is 0 Å². The van der Waals surface area contributed by atoms with Gasteiger partial charge in [0, 0.05) is 0 Å². The molecule has 0 saturated carbocycles. The van der Waals surface area contributed by atoms with Crippen molar-refractivity contribution in [1.29, 1.82) is 0 Å². The molecule has 0 aromatic heterocycles. The molecule has 0 atom stereocenters. The third-order valence-corrected chi connectivity index (χ3v) is 3.00. The summed E-state index contributed by atoms with van der Waals surface area (Å²) < 4.78 is 4.50. The molecule has 0 aliphatic heterocycles. The van der Waals surface area contributed by atoms with Crippen LogP contribution in [-0.4, -0.2) is 0 Å². The van der Waals surface area contributed by atoms with Crippen LogP contribution in [0.4, 0.5) is 5.69 Å². The van der Waals surface area contributed by atoms with Gasteiger partial charge in [-0.1, -0.05) is 0 Å². The zero-order chi connectivity index (χ0) is 10.7. The van der Waals surface area contributed by atoms with Crippen LogP contribution in [-0.2, 0) is 24.6 Å². The first-order valence-corrected chi connectivity index (χ1v) is 6.18. The number of rotatable bonds is 3. The van der Waals surface area contributed by atoms with E-state index in [1.54, 1.807) is 0 Å². The summed E-state index contributed by atoms with van der Waals surface area (Å²) in [5.41, 5.74) is 4.00. The second kappa shape index (κ2) is 5.12. The van der Waals surface area contributed by atoms with Crippen molar-refractivity contribution >= 4 is 5.69 Å². The van der Waals surface area contributed by atoms with Gasteiger partial charge in [0.1, 0.15) is 0 Å². The Morgan fingerprint density at radius 1 is 1.00 bits per heavy atom. The molecule has 0 fully saturated rings. The van der Waals surface area contributed by atoms with Crippen LogP contribution >= 0.6 is 0 Å². The molecule has 0 radical (unpaired) electrons. The first-order chi connectivity index (χ1) is 6.57. The third-order valence-electron chi connectivity index (χ3n) is 2.45. The second-order valence-corrected chi connectivity index (χ2v) is 4.76. The topological polar surface area (TPSA) is 12.4 Å². The van der Waals surface area contributed by atoms with Crippen LogP contribution in [0, 0.1) is 0 Å². The Morgan fingerprint density at radius 3 is 1.71 bits per heavy atom. The van der Waals surface area contributed by atoms with Gasteiger partial charge in [0.05, 0.1) is 0 Å². The Balaban J connectivity index is 3.32. The van der Waals surface area contributed by atoms with E-state index < -0.39 is 0 Å². The number of hydrogen-bond donors (Lipinski definition) is 0. The molecule has 1 nitrogen and oxygen atoms in total. The molecule has 14 heavy (non-hydrogen) atoms. The van der Waals surface area contributed by atoms with Crippen molar-refractivity contribution in [2.45, 2.75) is 39.5 Å². The van der Waals surface area contributed by atoms with Gasteiger partial charge >= 0.3 is 102 Å². The van der Waals surface area contributed by atoms with Gasteiger partial charge in [0.25, 0.3) is 0 Å². The average Bonchev–Trinajstić information content (AvgIpc) is 2.16. The van der Waals surface area contributed by atoms with Crippen LogP contribution in [0.2, 0.25) is 0 Å². The molecule has 1 aromatic carbocycles. The summed E-state index contributed by atoms with van der Waals surface area (Å²) in [6.07, 6.45) is 0. The van der Waals surface area contributed by atoms with Gasteiger partial charge in [-0.15, -0.1) is 0 Å². The summed E-state index contributed by atoms with van der Waals surface area (Å²) in [4.78, 5) is 0. The Hall–Kier alpha value is -0.0969. The van der Waals surface area contributed by atoms with Crippen molar-refractivity contribution in [3.05, 3.63) is 29.3 Å². The second-order valence-electron chi connectivity index (χ2n) is 4.21. The fraction of sp³-hybridized carbons (Fsp3) is 0.500. The summed E-state index contributed by atoms with van der Waals surface area (Å²) in [6, 6.07) is 6.54. The van der Waals surface area contributed by atoms with Crippen molar-refractivity contribution < 1.29 is 24.6 Å². The van der Waals surface area contributed by atoms with Crippen molar-refractivity contribution in [2.75, 3.05) is 0 Å². The molecular weight excluding hydrogens is 249 g/mol. The molecule has 0 aliphatic rings. The normalized spacial score (nSPS) is 11.1. The first kappa shape index (κ1) is 12.0. The van der Waals surface area contributed by atoms with E-state index in [9.17, 15) is 0 Å². The van der Waals surface area contributed by atoms with E-state index in [1.165, 1.54) is 41.4 Å². The molecule has 0 spiro atoms. The molecule has 0 bridgehead atoms. The monoisotopic (exact) mass is 265 g/mol. The van der Waals surface area contributed by atoms with Crippen LogP contribution in [0.25, 0.3) is 0 Å². The Morgan fingerprint density at radius 2 is 1.43 bits per heavy atom. The first-order valence-electron chi connectivity index (χ1n) is 5.08. The van der Waals surface area contributed by atoms with Crippen LogP contribution in [0.15, 0.2) is 21.1 Å². The van der Waals surface area contributed by atoms with E-state index in [1.807, 2.05) is 0 Å². The zero-order valence-electron chi connectivity index (χ0n) is 9.33. The Labute approximate surface area is 102 Å². The minimum atomic E-state index is 0.563. The van der Waals surface area contributed by atoms with Crippen LogP contribution in [0.3, 0.4) is 0 Å². The molecule has 0 amide bonds. The molecule has 1 aromatic rings. The van der Waals surface area contributed by atoms with E-state index in [0.29, 0.717) is 11.8 Å². The predicted octanol–water partition coefficient (Wildman–Crippen LogP) is 4.30. The molecule has 2 heteroatoms. The fourth-order valence-corrected chi connectivity index (χ4v) is 2.28.